The zero-order valence-electron chi connectivity index (χ0n) is 9.15. The van der Waals surface area contributed by atoms with E-state index in [0.29, 0.717) is 11.6 Å². The van der Waals surface area contributed by atoms with Gasteiger partial charge in [-0.2, -0.15) is 22.0 Å². The maximum atomic E-state index is 13.0. The van der Waals surface area contributed by atoms with Gasteiger partial charge in [0.05, 0.1) is 6.10 Å². The van der Waals surface area contributed by atoms with Crippen molar-refractivity contribution in [2.24, 2.45) is 0 Å². The second-order valence-electron chi connectivity index (χ2n) is 3.82. The van der Waals surface area contributed by atoms with Crippen molar-refractivity contribution in [2.45, 2.75) is 32.1 Å². The number of rotatable bonds is 2. The zero-order chi connectivity index (χ0) is 13.4. The molecule has 0 heterocycles. The molecule has 0 saturated carbocycles. The third kappa shape index (κ3) is 2.57. The minimum atomic E-state index is -5.62. The summed E-state index contributed by atoms with van der Waals surface area (Å²) in [6.45, 7) is 2.78. The molecule has 1 nitrogen and oxygen atoms in total. The van der Waals surface area contributed by atoms with E-state index < -0.39 is 23.8 Å². The highest BCUT2D eigenvalue weighted by molar-refractivity contribution is 5.35. The van der Waals surface area contributed by atoms with Crippen molar-refractivity contribution in [3.05, 3.63) is 34.9 Å². The van der Waals surface area contributed by atoms with Crippen LogP contribution in [0.1, 0.15) is 29.7 Å². The van der Waals surface area contributed by atoms with Crippen molar-refractivity contribution in [3.63, 3.8) is 0 Å². The highest BCUT2D eigenvalue weighted by Gasteiger charge is 2.58. The SMILES string of the molecule is Cc1cc(C(F)(F)C(F)(F)F)ccc1C(C)O. The van der Waals surface area contributed by atoms with Gasteiger partial charge in [0.15, 0.2) is 0 Å². The van der Waals surface area contributed by atoms with Gasteiger partial charge in [0.25, 0.3) is 0 Å². The highest BCUT2D eigenvalue weighted by atomic mass is 19.4. The van der Waals surface area contributed by atoms with Gasteiger partial charge in [0.1, 0.15) is 0 Å². The molecule has 0 spiro atoms. The second-order valence-corrected chi connectivity index (χ2v) is 3.82. The minimum Gasteiger partial charge on any atom is -0.389 e. The van der Waals surface area contributed by atoms with E-state index in [1.165, 1.54) is 13.8 Å². The van der Waals surface area contributed by atoms with Crippen molar-refractivity contribution in [1.82, 2.24) is 0 Å². The molecule has 0 aliphatic rings. The Kier molecular flexibility index (Phi) is 3.47. The number of aryl methyl sites for hydroxylation is 1. The van der Waals surface area contributed by atoms with Crippen molar-refractivity contribution < 1.29 is 27.1 Å². The Morgan fingerprint density at radius 2 is 1.65 bits per heavy atom. The molecule has 0 bridgehead atoms. The lowest BCUT2D eigenvalue weighted by Gasteiger charge is -2.21. The smallest absolute Gasteiger partial charge is 0.389 e. The largest absolute Gasteiger partial charge is 0.458 e. The summed E-state index contributed by atoms with van der Waals surface area (Å²) in [6, 6.07) is 2.51. The molecule has 1 aromatic carbocycles. The molecule has 1 aromatic rings. The van der Waals surface area contributed by atoms with Crippen LogP contribution in [0, 0.1) is 6.92 Å². The summed E-state index contributed by atoms with van der Waals surface area (Å²) in [4.78, 5) is 0. The quantitative estimate of drug-likeness (QED) is 0.798. The van der Waals surface area contributed by atoms with Crippen LogP contribution in [0.15, 0.2) is 18.2 Å². The van der Waals surface area contributed by atoms with E-state index in [1.54, 1.807) is 0 Å². The number of halogens is 5. The van der Waals surface area contributed by atoms with Crippen molar-refractivity contribution in [3.8, 4) is 0 Å². The standard InChI is InChI=1S/C11H11F5O/c1-6-5-8(3-4-9(6)7(2)17)10(12,13)11(14,15)16/h3-5,7,17H,1-2H3. The van der Waals surface area contributed by atoms with Gasteiger partial charge < -0.3 is 5.11 Å². The number of aliphatic hydroxyl groups is 1. The van der Waals surface area contributed by atoms with Gasteiger partial charge in [-0.25, -0.2) is 0 Å². The molecule has 0 amide bonds. The molecule has 0 saturated heterocycles. The Labute approximate surface area is 94.9 Å². The minimum absolute atomic E-state index is 0.196. The highest BCUT2D eigenvalue weighted by Crippen LogP contribution is 2.44. The van der Waals surface area contributed by atoms with Gasteiger partial charge in [0.2, 0.25) is 0 Å². The van der Waals surface area contributed by atoms with Crippen LogP contribution in [0.4, 0.5) is 22.0 Å². The van der Waals surface area contributed by atoms with E-state index in [0.717, 1.165) is 12.1 Å². The average Bonchev–Trinajstić information content (AvgIpc) is 2.14. The van der Waals surface area contributed by atoms with Gasteiger partial charge in [0, 0.05) is 5.56 Å². The van der Waals surface area contributed by atoms with Crippen LogP contribution in [-0.2, 0) is 5.92 Å². The molecule has 0 aliphatic carbocycles. The summed E-state index contributed by atoms with van der Waals surface area (Å²) >= 11 is 0. The molecule has 0 radical (unpaired) electrons. The molecule has 17 heavy (non-hydrogen) atoms. The van der Waals surface area contributed by atoms with Crippen molar-refractivity contribution >= 4 is 0 Å². The number of alkyl halides is 5. The summed E-state index contributed by atoms with van der Waals surface area (Å²) < 4.78 is 62.3. The molecular weight excluding hydrogens is 243 g/mol. The molecule has 96 valence electrons. The molecule has 1 N–H and O–H groups in total. The fraction of sp³-hybridized carbons (Fsp3) is 0.455. The Bertz CT molecular complexity index is 409. The lowest BCUT2D eigenvalue weighted by atomic mass is 9.98. The molecule has 1 unspecified atom stereocenters. The van der Waals surface area contributed by atoms with Crippen LogP contribution in [-0.4, -0.2) is 11.3 Å². The fourth-order valence-electron chi connectivity index (χ4n) is 1.50. The second kappa shape index (κ2) is 4.25. The van der Waals surface area contributed by atoms with Crippen LogP contribution in [0.25, 0.3) is 0 Å². The Hall–Kier alpha value is -1.17. The van der Waals surface area contributed by atoms with E-state index in [1.807, 2.05) is 0 Å². The molecule has 1 rings (SSSR count). The summed E-state index contributed by atoms with van der Waals surface area (Å²) in [5, 5.41) is 9.25. The summed E-state index contributed by atoms with van der Waals surface area (Å²) in [6.07, 6.45) is -6.53. The molecule has 6 heteroatoms. The molecule has 0 aromatic heterocycles. The van der Waals surface area contributed by atoms with E-state index >= 15 is 0 Å². The van der Waals surface area contributed by atoms with E-state index in [4.69, 9.17) is 0 Å². The Morgan fingerprint density at radius 3 is 2.00 bits per heavy atom. The monoisotopic (exact) mass is 254 g/mol. The fourth-order valence-corrected chi connectivity index (χ4v) is 1.50. The molecule has 0 fully saturated rings. The van der Waals surface area contributed by atoms with Crippen LogP contribution >= 0.6 is 0 Å². The van der Waals surface area contributed by atoms with Crippen LogP contribution in [0.5, 0.6) is 0 Å². The van der Waals surface area contributed by atoms with Crippen LogP contribution in [0.2, 0.25) is 0 Å². The van der Waals surface area contributed by atoms with Gasteiger partial charge in [-0.3, -0.25) is 0 Å². The van der Waals surface area contributed by atoms with Crippen molar-refractivity contribution in [2.75, 3.05) is 0 Å². The number of benzene rings is 1. The predicted molar refractivity (Wildman–Crippen MR) is 51.8 cm³/mol. The number of hydrogen-bond acceptors (Lipinski definition) is 1. The molecular formula is C11H11F5O. The van der Waals surface area contributed by atoms with Crippen LogP contribution < -0.4 is 0 Å². The third-order valence-corrected chi connectivity index (χ3v) is 2.44. The summed E-state index contributed by atoms with van der Waals surface area (Å²) in [5.41, 5.74) is -0.597. The Morgan fingerprint density at radius 1 is 1.12 bits per heavy atom. The van der Waals surface area contributed by atoms with Gasteiger partial charge in [-0.15, -0.1) is 0 Å². The maximum absolute atomic E-state index is 13.0. The molecule has 0 aliphatic heterocycles. The Balaban J connectivity index is 3.23. The number of aliphatic hydroxyl groups excluding tert-OH is 1. The predicted octanol–water partition coefficient (Wildman–Crippen LogP) is 3.70. The lowest BCUT2D eigenvalue weighted by Crippen LogP contribution is -2.33. The zero-order valence-corrected chi connectivity index (χ0v) is 9.15. The summed E-state index contributed by atoms with van der Waals surface area (Å²) in [5.74, 6) is -4.88. The summed E-state index contributed by atoms with van der Waals surface area (Å²) in [7, 11) is 0. The van der Waals surface area contributed by atoms with E-state index in [9.17, 15) is 27.1 Å². The number of hydrogen-bond donors (Lipinski definition) is 1. The van der Waals surface area contributed by atoms with E-state index in [2.05, 4.69) is 0 Å². The lowest BCUT2D eigenvalue weighted by molar-refractivity contribution is -0.289. The van der Waals surface area contributed by atoms with E-state index in [-0.39, 0.29) is 5.56 Å². The maximum Gasteiger partial charge on any atom is 0.458 e. The average molecular weight is 254 g/mol. The van der Waals surface area contributed by atoms with Crippen molar-refractivity contribution in [1.29, 1.82) is 0 Å². The first-order chi connectivity index (χ1) is 7.57. The first-order valence-corrected chi connectivity index (χ1v) is 4.81. The topological polar surface area (TPSA) is 20.2 Å². The van der Waals surface area contributed by atoms with Gasteiger partial charge in [-0.1, -0.05) is 12.1 Å². The first kappa shape index (κ1) is 13.9. The van der Waals surface area contributed by atoms with Crippen LogP contribution in [0.3, 0.4) is 0 Å². The normalized spacial score (nSPS) is 14.8. The van der Waals surface area contributed by atoms with Gasteiger partial charge in [-0.05, 0) is 31.0 Å². The molecule has 1 atom stereocenters. The third-order valence-electron chi connectivity index (χ3n) is 2.44. The first-order valence-electron chi connectivity index (χ1n) is 4.81. The van der Waals surface area contributed by atoms with Gasteiger partial charge >= 0.3 is 12.1 Å².